The van der Waals surface area contributed by atoms with E-state index >= 15 is 0 Å². The number of hydrogen-bond donors (Lipinski definition) is 1. The fraction of sp³-hybridized carbons (Fsp3) is 1.00. The van der Waals surface area contributed by atoms with E-state index in [4.69, 9.17) is 4.43 Å². The molecular weight excluding hydrogens is 312 g/mol. The minimum Gasteiger partial charge on any atom is -0.414 e. The van der Waals surface area contributed by atoms with E-state index in [1.807, 2.05) is 0 Å². The molecule has 2 atom stereocenters. The van der Waals surface area contributed by atoms with E-state index in [0.717, 1.165) is 25.7 Å². The van der Waals surface area contributed by atoms with Gasteiger partial charge in [0, 0.05) is 6.10 Å². The molecule has 0 aromatic carbocycles. The molecule has 146 valence electrons. The number of aliphatic hydroxyl groups is 1. The van der Waals surface area contributed by atoms with Gasteiger partial charge in [-0.2, -0.15) is 0 Å². The van der Waals surface area contributed by atoms with Crippen molar-refractivity contribution in [3.05, 3.63) is 0 Å². The van der Waals surface area contributed by atoms with E-state index in [-0.39, 0.29) is 11.1 Å². The van der Waals surface area contributed by atoms with Gasteiger partial charge in [-0.1, -0.05) is 80.1 Å². The molecule has 0 aromatic heterocycles. The third kappa shape index (κ3) is 10.2. The summed E-state index contributed by atoms with van der Waals surface area (Å²) in [6, 6.07) is 0. The first-order valence-electron chi connectivity index (χ1n) is 10.4. The van der Waals surface area contributed by atoms with Crippen molar-refractivity contribution in [2.75, 3.05) is 0 Å². The van der Waals surface area contributed by atoms with Gasteiger partial charge in [0.15, 0.2) is 8.32 Å². The van der Waals surface area contributed by atoms with Crippen LogP contribution in [-0.4, -0.2) is 25.6 Å². The van der Waals surface area contributed by atoms with Gasteiger partial charge in [0.05, 0.1) is 6.10 Å². The lowest BCUT2D eigenvalue weighted by molar-refractivity contribution is 0.119. The number of rotatable bonds is 13. The Bertz CT molecular complexity index is 307. The van der Waals surface area contributed by atoms with Gasteiger partial charge >= 0.3 is 0 Å². The summed E-state index contributed by atoms with van der Waals surface area (Å²) in [6.45, 7) is 18.4. The molecule has 0 spiro atoms. The molecular formula is C21H46O2Si. The Morgan fingerprint density at radius 1 is 0.875 bits per heavy atom. The second-order valence-electron chi connectivity index (χ2n) is 9.45. The molecule has 0 aromatic rings. The van der Waals surface area contributed by atoms with Crippen LogP contribution in [0, 0.1) is 5.92 Å². The third-order valence-corrected chi connectivity index (χ3v) is 10.2. The maximum Gasteiger partial charge on any atom is 0.192 e. The van der Waals surface area contributed by atoms with Crippen LogP contribution in [0.5, 0.6) is 0 Å². The van der Waals surface area contributed by atoms with Crippen molar-refractivity contribution in [3.8, 4) is 0 Å². The summed E-state index contributed by atoms with van der Waals surface area (Å²) in [5.74, 6) is 0.582. The lowest BCUT2D eigenvalue weighted by Gasteiger charge is -2.40. The predicted octanol–water partition coefficient (Wildman–Crippen LogP) is 6.92. The van der Waals surface area contributed by atoms with Crippen molar-refractivity contribution >= 4 is 8.32 Å². The lowest BCUT2D eigenvalue weighted by Crippen LogP contribution is -2.45. The molecule has 0 bridgehead atoms. The maximum absolute atomic E-state index is 10.00. The van der Waals surface area contributed by atoms with Crippen molar-refractivity contribution in [1.29, 1.82) is 0 Å². The Hall–Kier alpha value is 0.137. The highest BCUT2D eigenvalue weighted by molar-refractivity contribution is 6.74. The zero-order valence-electron chi connectivity index (χ0n) is 18.0. The van der Waals surface area contributed by atoms with Gasteiger partial charge < -0.3 is 9.53 Å². The van der Waals surface area contributed by atoms with Gasteiger partial charge in [0.25, 0.3) is 0 Å². The van der Waals surface area contributed by atoms with Crippen LogP contribution in [-0.2, 0) is 4.43 Å². The van der Waals surface area contributed by atoms with Gasteiger partial charge in [0.2, 0.25) is 0 Å². The van der Waals surface area contributed by atoms with Crippen LogP contribution in [0.4, 0.5) is 0 Å². The fourth-order valence-electron chi connectivity index (χ4n) is 2.76. The lowest BCUT2D eigenvalue weighted by atomic mass is 9.99. The van der Waals surface area contributed by atoms with Crippen LogP contribution in [0.1, 0.15) is 99.3 Å². The molecule has 0 aliphatic rings. The summed E-state index contributed by atoms with van der Waals surface area (Å²) < 4.78 is 6.65. The molecule has 2 nitrogen and oxygen atoms in total. The first-order chi connectivity index (χ1) is 11.0. The highest BCUT2D eigenvalue weighted by Crippen LogP contribution is 2.38. The van der Waals surface area contributed by atoms with E-state index in [1.54, 1.807) is 0 Å². The molecule has 3 heteroatoms. The van der Waals surface area contributed by atoms with Crippen LogP contribution in [0.15, 0.2) is 0 Å². The highest BCUT2D eigenvalue weighted by atomic mass is 28.4. The summed E-state index contributed by atoms with van der Waals surface area (Å²) in [5.41, 5.74) is 0. The number of hydrogen-bond acceptors (Lipinski definition) is 2. The minimum absolute atomic E-state index is 0.0825. The van der Waals surface area contributed by atoms with Gasteiger partial charge in [-0.3, -0.25) is 0 Å². The zero-order valence-corrected chi connectivity index (χ0v) is 19.0. The molecule has 0 unspecified atom stereocenters. The Labute approximate surface area is 153 Å². The second kappa shape index (κ2) is 11.7. The first-order valence-corrected chi connectivity index (χ1v) is 13.3. The minimum atomic E-state index is -1.68. The van der Waals surface area contributed by atoms with E-state index in [1.165, 1.54) is 32.1 Å². The van der Waals surface area contributed by atoms with Crippen LogP contribution >= 0.6 is 0 Å². The first kappa shape index (κ1) is 24.1. The highest BCUT2D eigenvalue weighted by Gasteiger charge is 2.39. The van der Waals surface area contributed by atoms with Crippen LogP contribution < -0.4 is 0 Å². The van der Waals surface area contributed by atoms with Gasteiger partial charge in [-0.25, -0.2) is 0 Å². The molecule has 0 fully saturated rings. The molecule has 1 N–H and O–H groups in total. The van der Waals surface area contributed by atoms with E-state index in [9.17, 15) is 5.11 Å². The van der Waals surface area contributed by atoms with Crippen molar-refractivity contribution in [3.63, 3.8) is 0 Å². The van der Waals surface area contributed by atoms with E-state index in [2.05, 4.69) is 54.6 Å². The molecule has 0 aliphatic carbocycles. The molecule has 0 amide bonds. The van der Waals surface area contributed by atoms with Crippen LogP contribution in [0.25, 0.3) is 0 Å². The Kier molecular flexibility index (Phi) is 11.8. The molecule has 0 rings (SSSR count). The predicted molar refractivity (Wildman–Crippen MR) is 110 cm³/mol. The van der Waals surface area contributed by atoms with E-state index < -0.39 is 8.32 Å². The molecule has 0 heterocycles. The average Bonchev–Trinajstić information content (AvgIpc) is 2.44. The average molecular weight is 359 g/mol. The Morgan fingerprint density at radius 3 is 1.83 bits per heavy atom. The van der Waals surface area contributed by atoms with E-state index in [0.29, 0.717) is 12.0 Å². The van der Waals surface area contributed by atoms with Crippen molar-refractivity contribution in [1.82, 2.24) is 0 Å². The van der Waals surface area contributed by atoms with Crippen molar-refractivity contribution in [2.45, 2.75) is 130 Å². The van der Waals surface area contributed by atoms with Crippen LogP contribution in [0.2, 0.25) is 18.1 Å². The fourth-order valence-corrected chi connectivity index (χ4v) is 4.26. The quantitative estimate of drug-likeness (QED) is 0.286. The third-order valence-electron chi connectivity index (χ3n) is 5.66. The summed E-state index contributed by atoms with van der Waals surface area (Å²) >= 11 is 0. The van der Waals surface area contributed by atoms with Gasteiger partial charge in [-0.15, -0.1) is 0 Å². The molecule has 0 saturated carbocycles. The maximum atomic E-state index is 10.00. The van der Waals surface area contributed by atoms with Crippen molar-refractivity contribution in [2.24, 2.45) is 5.92 Å². The Morgan fingerprint density at radius 2 is 1.38 bits per heavy atom. The smallest absolute Gasteiger partial charge is 0.192 e. The van der Waals surface area contributed by atoms with Crippen LogP contribution in [0.3, 0.4) is 0 Å². The standard InChI is InChI=1S/C21H46O2Si/c1-9-10-12-15-19(22)16-13-11-14-17-20(18(2)3)23-24(7,8)21(4,5)6/h18-20,22H,9-17H2,1-8H3/t19-,20-/m0/s1. The van der Waals surface area contributed by atoms with Gasteiger partial charge in [0.1, 0.15) is 0 Å². The monoisotopic (exact) mass is 358 g/mol. The molecule has 0 radical (unpaired) electrons. The topological polar surface area (TPSA) is 29.5 Å². The number of unbranched alkanes of at least 4 members (excludes halogenated alkanes) is 4. The summed E-state index contributed by atoms with van der Waals surface area (Å²) in [7, 11) is -1.68. The SMILES string of the molecule is CCCCC[C@H](O)CCCCC[C@H](O[Si](C)(C)C(C)(C)C)C(C)C. The normalized spacial score (nSPS) is 15.8. The summed E-state index contributed by atoms with van der Waals surface area (Å²) in [6.07, 6.45) is 10.7. The Balaban J connectivity index is 4.07. The van der Waals surface area contributed by atoms with Crippen molar-refractivity contribution < 1.29 is 9.53 Å². The zero-order chi connectivity index (χ0) is 18.8. The van der Waals surface area contributed by atoms with Gasteiger partial charge in [-0.05, 0) is 43.3 Å². The molecule has 24 heavy (non-hydrogen) atoms. The summed E-state index contributed by atoms with van der Waals surface area (Å²) in [5, 5.41) is 10.3. The second-order valence-corrected chi connectivity index (χ2v) is 14.2. The summed E-state index contributed by atoms with van der Waals surface area (Å²) in [4.78, 5) is 0. The largest absolute Gasteiger partial charge is 0.414 e. The molecule has 0 aliphatic heterocycles. The molecule has 0 saturated heterocycles. The number of aliphatic hydroxyl groups excluding tert-OH is 1.